The Morgan fingerprint density at radius 3 is 2.65 bits per heavy atom. The summed E-state index contributed by atoms with van der Waals surface area (Å²) in [6.07, 6.45) is 6.88. The summed E-state index contributed by atoms with van der Waals surface area (Å²) in [5.41, 5.74) is -0.528. The Hall–Kier alpha value is -0.610. The van der Waals surface area contributed by atoms with Crippen LogP contribution in [0.2, 0.25) is 0 Å². The highest BCUT2D eigenvalue weighted by atomic mass is 16.5. The molecule has 4 nitrogen and oxygen atoms in total. The minimum absolute atomic E-state index is 0.141. The van der Waals surface area contributed by atoms with Gasteiger partial charge in [-0.15, -0.1) is 0 Å². The van der Waals surface area contributed by atoms with E-state index in [1.54, 1.807) is 0 Å². The lowest BCUT2D eigenvalue weighted by Gasteiger charge is -2.28. The number of ether oxygens (including phenoxy) is 1. The number of hydrogen-bond donors (Lipinski definition) is 1. The predicted octanol–water partition coefficient (Wildman–Crippen LogP) is 2.43. The van der Waals surface area contributed by atoms with Gasteiger partial charge in [-0.3, -0.25) is 4.79 Å². The Balaban J connectivity index is 2.24. The summed E-state index contributed by atoms with van der Waals surface area (Å²) in [5, 5.41) is 3.34. The van der Waals surface area contributed by atoms with Gasteiger partial charge in [0.25, 0.3) is 0 Å². The van der Waals surface area contributed by atoms with Crippen LogP contribution in [0.3, 0.4) is 0 Å². The van der Waals surface area contributed by atoms with Crippen LogP contribution in [0.1, 0.15) is 52.4 Å². The van der Waals surface area contributed by atoms with Crippen molar-refractivity contribution in [1.82, 2.24) is 10.2 Å². The summed E-state index contributed by atoms with van der Waals surface area (Å²) in [6, 6.07) is 0. The largest absolute Gasteiger partial charge is 0.468 e. The summed E-state index contributed by atoms with van der Waals surface area (Å²) in [7, 11) is 3.67. The maximum absolute atomic E-state index is 11.9. The van der Waals surface area contributed by atoms with Gasteiger partial charge in [0.05, 0.1) is 7.11 Å². The van der Waals surface area contributed by atoms with Gasteiger partial charge < -0.3 is 15.0 Å². The van der Waals surface area contributed by atoms with Gasteiger partial charge in [-0.1, -0.05) is 6.92 Å². The maximum atomic E-state index is 11.9. The first kappa shape index (κ1) is 17.4. The van der Waals surface area contributed by atoms with Gasteiger partial charge in [0.2, 0.25) is 0 Å². The Morgan fingerprint density at radius 2 is 2.10 bits per heavy atom. The van der Waals surface area contributed by atoms with E-state index in [2.05, 4.69) is 24.2 Å². The van der Waals surface area contributed by atoms with E-state index in [-0.39, 0.29) is 5.97 Å². The van der Waals surface area contributed by atoms with Crippen molar-refractivity contribution in [2.45, 2.75) is 57.9 Å². The maximum Gasteiger partial charge on any atom is 0.325 e. The molecule has 1 N–H and O–H groups in total. The van der Waals surface area contributed by atoms with E-state index in [4.69, 9.17) is 4.74 Å². The molecule has 1 rings (SSSR count). The molecule has 0 aromatic rings. The van der Waals surface area contributed by atoms with E-state index in [0.717, 1.165) is 44.7 Å². The molecule has 0 aliphatic heterocycles. The van der Waals surface area contributed by atoms with Crippen molar-refractivity contribution in [2.75, 3.05) is 33.8 Å². The second kappa shape index (κ2) is 8.63. The standard InChI is InChI=1S/C16H32N2O2/c1-5-11-17-16(2,15(19)20-4)10-6-7-12-18(3)13-14-8-9-14/h14,17H,5-13H2,1-4H3. The highest BCUT2D eigenvalue weighted by molar-refractivity contribution is 5.80. The van der Waals surface area contributed by atoms with Crippen LogP contribution in [0.25, 0.3) is 0 Å². The number of carbonyl (C=O) groups is 1. The van der Waals surface area contributed by atoms with Crippen LogP contribution >= 0.6 is 0 Å². The molecule has 1 atom stereocenters. The fourth-order valence-corrected chi connectivity index (χ4v) is 2.58. The van der Waals surface area contributed by atoms with E-state index in [1.165, 1.54) is 26.5 Å². The molecule has 1 unspecified atom stereocenters. The molecule has 1 aliphatic carbocycles. The van der Waals surface area contributed by atoms with Crippen molar-refractivity contribution in [3.8, 4) is 0 Å². The number of methoxy groups -OCH3 is 1. The van der Waals surface area contributed by atoms with E-state index in [9.17, 15) is 4.79 Å². The SMILES string of the molecule is CCCNC(C)(CCCCN(C)CC1CC1)C(=O)OC. The highest BCUT2D eigenvalue weighted by Crippen LogP contribution is 2.29. The molecule has 20 heavy (non-hydrogen) atoms. The van der Waals surface area contributed by atoms with Crippen LogP contribution in [0.5, 0.6) is 0 Å². The van der Waals surface area contributed by atoms with E-state index in [0.29, 0.717) is 0 Å². The Morgan fingerprint density at radius 1 is 1.40 bits per heavy atom. The summed E-state index contributed by atoms with van der Waals surface area (Å²) < 4.78 is 4.94. The molecule has 4 heteroatoms. The van der Waals surface area contributed by atoms with E-state index in [1.807, 2.05) is 6.92 Å². The van der Waals surface area contributed by atoms with E-state index >= 15 is 0 Å². The Labute approximate surface area is 124 Å². The minimum Gasteiger partial charge on any atom is -0.468 e. The molecule has 0 radical (unpaired) electrons. The molecule has 1 aliphatic rings. The van der Waals surface area contributed by atoms with Crippen molar-refractivity contribution in [2.24, 2.45) is 5.92 Å². The van der Waals surface area contributed by atoms with Gasteiger partial charge in [0.15, 0.2) is 0 Å². The molecule has 0 aromatic heterocycles. The summed E-state index contributed by atoms with van der Waals surface area (Å²) >= 11 is 0. The van der Waals surface area contributed by atoms with Crippen molar-refractivity contribution in [1.29, 1.82) is 0 Å². The number of hydrogen-bond acceptors (Lipinski definition) is 4. The topological polar surface area (TPSA) is 41.6 Å². The molecule has 118 valence electrons. The Bertz CT molecular complexity index is 292. The smallest absolute Gasteiger partial charge is 0.325 e. The predicted molar refractivity (Wildman–Crippen MR) is 82.8 cm³/mol. The van der Waals surface area contributed by atoms with Crippen molar-refractivity contribution in [3.63, 3.8) is 0 Å². The average Bonchev–Trinajstić information content (AvgIpc) is 3.24. The van der Waals surface area contributed by atoms with Crippen LogP contribution in [-0.2, 0) is 9.53 Å². The van der Waals surface area contributed by atoms with Crippen LogP contribution < -0.4 is 5.32 Å². The third-order valence-electron chi connectivity index (χ3n) is 4.13. The third kappa shape index (κ3) is 6.23. The van der Waals surface area contributed by atoms with Crippen molar-refractivity contribution < 1.29 is 9.53 Å². The summed E-state index contributed by atoms with van der Waals surface area (Å²) in [5.74, 6) is 0.809. The number of nitrogens with zero attached hydrogens (tertiary/aromatic N) is 1. The van der Waals surface area contributed by atoms with Crippen LogP contribution in [-0.4, -0.2) is 50.2 Å². The van der Waals surface area contributed by atoms with Crippen LogP contribution in [0.4, 0.5) is 0 Å². The lowest BCUT2D eigenvalue weighted by atomic mass is 9.94. The molecule has 1 fully saturated rings. The van der Waals surface area contributed by atoms with Gasteiger partial charge in [0, 0.05) is 6.54 Å². The third-order valence-corrected chi connectivity index (χ3v) is 4.13. The molecule has 0 heterocycles. The zero-order valence-corrected chi connectivity index (χ0v) is 13.7. The molecular formula is C16H32N2O2. The molecule has 0 amide bonds. The minimum atomic E-state index is -0.528. The van der Waals surface area contributed by atoms with Crippen molar-refractivity contribution in [3.05, 3.63) is 0 Å². The van der Waals surface area contributed by atoms with Gasteiger partial charge in [-0.25, -0.2) is 0 Å². The summed E-state index contributed by atoms with van der Waals surface area (Å²) in [6.45, 7) is 7.29. The van der Waals surface area contributed by atoms with Gasteiger partial charge in [-0.05, 0) is 71.5 Å². The number of carbonyl (C=O) groups excluding carboxylic acids is 1. The highest BCUT2D eigenvalue weighted by Gasteiger charge is 2.32. The fourth-order valence-electron chi connectivity index (χ4n) is 2.58. The van der Waals surface area contributed by atoms with Gasteiger partial charge in [-0.2, -0.15) is 0 Å². The lowest BCUT2D eigenvalue weighted by Crippen LogP contribution is -2.50. The monoisotopic (exact) mass is 284 g/mol. The zero-order chi connectivity index (χ0) is 15.0. The second-order valence-electron chi connectivity index (χ2n) is 6.41. The lowest BCUT2D eigenvalue weighted by molar-refractivity contribution is -0.148. The van der Waals surface area contributed by atoms with Gasteiger partial charge in [0.1, 0.15) is 5.54 Å². The molecule has 0 spiro atoms. The zero-order valence-electron chi connectivity index (χ0n) is 13.7. The average molecular weight is 284 g/mol. The quantitative estimate of drug-likeness (QED) is 0.467. The van der Waals surface area contributed by atoms with E-state index < -0.39 is 5.54 Å². The first-order chi connectivity index (χ1) is 9.51. The Kier molecular flexibility index (Phi) is 7.52. The normalized spacial score (nSPS) is 18.1. The first-order valence-corrected chi connectivity index (χ1v) is 8.04. The molecular weight excluding hydrogens is 252 g/mol. The fraction of sp³-hybridized carbons (Fsp3) is 0.938. The van der Waals surface area contributed by atoms with Crippen LogP contribution in [0.15, 0.2) is 0 Å². The van der Waals surface area contributed by atoms with Crippen LogP contribution in [0, 0.1) is 5.92 Å². The summed E-state index contributed by atoms with van der Waals surface area (Å²) in [4.78, 5) is 14.3. The number of rotatable bonds is 11. The van der Waals surface area contributed by atoms with Gasteiger partial charge >= 0.3 is 5.97 Å². The molecule has 0 bridgehead atoms. The number of nitrogens with one attached hydrogen (secondary N) is 1. The van der Waals surface area contributed by atoms with Crippen molar-refractivity contribution >= 4 is 5.97 Å². The number of esters is 1. The second-order valence-corrected chi connectivity index (χ2v) is 6.41. The number of unbranched alkanes of at least 4 members (excludes halogenated alkanes) is 1. The molecule has 1 saturated carbocycles. The first-order valence-electron chi connectivity index (χ1n) is 8.04. The molecule has 0 saturated heterocycles. The molecule has 0 aromatic carbocycles.